The van der Waals surface area contributed by atoms with Gasteiger partial charge in [-0.15, -0.1) is 11.3 Å². The van der Waals surface area contributed by atoms with E-state index in [1.165, 1.54) is 0 Å². The van der Waals surface area contributed by atoms with Crippen molar-refractivity contribution >= 4 is 23.2 Å². The van der Waals surface area contributed by atoms with Crippen molar-refractivity contribution < 1.29 is 14.7 Å². The Labute approximate surface area is 91.9 Å². The van der Waals surface area contributed by atoms with Crippen LogP contribution >= 0.6 is 11.3 Å². The summed E-state index contributed by atoms with van der Waals surface area (Å²) in [6, 6.07) is 3.80. The molecule has 0 aliphatic rings. The molecule has 1 rings (SSSR count). The largest absolute Gasteiger partial charge is 0.481 e. The summed E-state index contributed by atoms with van der Waals surface area (Å²) in [5.41, 5.74) is 0. The lowest BCUT2D eigenvalue weighted by atomic mass is 10.3. The summed E-state index contributed by atoms with van der Waals surface area (Å²) < 4.78 is 0. The van der Waals surface area contributed by atoms with Crippen LogP contribution in [-0.2, 0) is 16.0 Å². The van der Waals surface area contributed by atoms with Crippen molar-refractivity contribution in [1.29, 1.82) is 0 Å². The number of carboxylic acids is 1. The lowest BCUT2D eigenvalue weighted by molar-refractivity contribution is -0.137. The summed E-state index contributed by atoms with van der Waals surface area (Å²) in [5, 5.41) is 13.0. The Morgan fingerprint density at radius 1 is 1.47 bits per heavy atom. The zero-order chi connectivity index (χ0) is 11.1. The predicted molar refractivity (Wildman–Crippen MR) is 57.9 cm³/mol. The van der Waals surface area contributed by atoms with Crippen LogP contribution in [0.5, 0.6) is 0 Å². The number of thiophene rings is 1. The molecule has 5 heteroatoms. The molecule has 0 atom stereocenters. The van der Waals surface area contributed by atoms with Crippen LogP contribution in [0, 0.1) is 0 Å². The normalized spacial score (nSPS) is 9.87. The molecule has 1 amide bonds. The highest BCUT2D eigenvalue weighted by Gasteiger charge is 2.03. The molecule has 82 valence electrons. The van der Waals surface area contributed by atoms with Crippen molar-refractivity contribution in [2.45, 2.75) is 19.3 Å². The second-order valence-electron chi connectivity index (χ2n) is 3.10. The second-order valence-corrected chi connectivity index (χ2v) is 4.14. The Morgan fingerprint density at radius 3 is 2.87 bits per heavy atom. The maximum absolute atomic E-state index is 11.3. The van der Waals surface area contributed by atoms with Crippen LogP contribution in [0.1, 0.15) is 17.7 Å². The second kappa shape index (κ2) is 6.19. The number of aliphatic carboxylic acids is 1. The first-order valence-electron chi connectivity index (χ1n) is 4.69. The number of carbonyl (C=O) groups excluding carboxylic acids is 1. The fourth-order valence-electron chi connectivity index (χ4n) is 1.10. The zero-order valence-electron chi connectivity index (χ0n) is 8.23. The lowest BCUT2D eigenvalue weighted by Gasteiger charge is -2.02. The molecule has 15 heavy (non-hydrogen) atoms. The fourth-order valence-corrected chi connectivity index (χ4v) is 1.80. The summed E-state index contributed by atoms with van der Waals surface area (Å²) in [6.07, 6.45) is 0.954. The number of hydrogen-bond acceptors (Lipinski definition) is 3. The Balaban J connectivity index is 2.11. The first-order chi connectivity index (χ1) is 7.18. The van der Waals surface area contributed by atoms with Gasteiger partial charge in [-0.05, 0) is 17.9 Å². The topological polar surface area (TPSA) is 66.4 Å². The molecular formula is C10H13NO3S. The first-order valence-corrected chi connectivity index (χ1v) is 5.57. The third-order valence-corrected chi connectivity index (χ3v) is 2.68. The van der Waals surface area contributed by atoms with Crippen molar-refractivity contribution in [1.82, 2.24) is 5.32 Å². The highest BCUT2D eigenvalue weighted by atomic mass is 32.1. The number of carbonyl (C=O) groups is 2. The third-order valence-electron chi connectivity index (χ3n) is 1.80. The van der Waals surface area contributed by atoms with Gasteiger partial charge in [-0.3, -0.25) is 9.59 Å². The van der Waals surface area contributed by atoms with E-state index in [1.807, 2.05) is 17.5 Å². The van der Waals surface area contributed by atoms with Gasteiger partial charge >= 0.3 is 5.97 Å². The van der Waals surface area contributed by atoms with Gasteiger partial charge in [-0.2, -0.15) is 0 Å². The Bertz CT molecular complexity index is 321. The average molecular weight is 227 g/mol. The van der Waals surface area contributed by atoms with E-state index in [0.29, 0.717) is 19.4 Å². The van der Waals surface area contributed by atoms with Crippen LogP contribution in [0.3, 0.4) is 0 Å². The molecule has 1 aromatic heterocycles. The van der Waals surface area contributed by atoms with Crippen molar-refractivity contribution in [2.24, 2.45) is 0 Å². The number of carboxylic acid groups (broad SMARTS) is 1. The third kappa shape index (κ3) is 5.17. The molecule has 0 spiro atoms. The lowest BCUT2D eigenvalue weighted by Crippen LogP contribution is -2.26. The predicted octanol–water partition coefficient (Wildman–Crippen LogP) is 1.27. The van der Waals surface area contributed by atoms with E-state index in [-0.39, 0.29) is 12.3 Å². The van der Waals surface area contributed by atoms with Gasteiger partial charge in [0.2, 0.25) is 5.91 Å². The molecule has 0 saturated heterocycles. The van der Waals surface area contributed by atoms with Crippen LogP contribution in [0.4, 0.5) is 0 Å². The van der Waals surface area contributed by atoms with E-state index >= 15 is 0 Å². The van der Waals surface area contributed by atoms with Gasteiger partial charge in [-0.1, -0.05) is 6.07 Å². The standard InChI is InChI=1S/C10H13NO3S/c12-9(7-8-3-2-6-15-8)11-5-1-4-10(13)14/h2-3,6H,1,4-5,7H2,(H,11,12)(H,13,14). The molecule has 0 fully saturated rings. The van der Waals surface area contributed by atoms with E-state index in [9.17, 15) is 9.59 Å². The van der Waals surface area contributed by atoms with Gasteiger partial charge < -0.3 is 10.4 Å². The quantitative estimate of drug-likeness (QED) is 0.719. The molecule has 0 radical (unpaired) electrons. The maximum atomic E-state index is 11.3. The number of hydrogen-bond donors (Lipinski definition) is 2. The van der Waals surface area contributed by atoms with Crippen molar-refractivity contribution in [3.05, 3.63) is 22.4 Å². The molecule has 0 unspecified atom stereocenters. The fraction of sp³-hybridized carbons (Fsp3) is 0.400. The van der Waals surface area contributed by atoms with Crippen molar-refractivity contribution in [2.75, 3.05) is 6.54 Å². The molecule has 2 N–H and O–H groups in total. The summed E-state index contributed by atoms with van der Waals surface area (Å²) in [7, 11) is 0. The monoisotopic (exact) mass is 227 g/mol. The number of amides is 1. The summed E-state index contributed by atoms with van der Waals surface area (Å²) >= 11 is 1.54. The van der Waals surface area contributed by atoms with Gasteiger partial charge in [0.25, 0.3) is 0 Å². The van der Waals surface area contributed by atoms with Crippen molar-refractivity contribution in [3.63, 3.8) is 0 Å². The van der Waals surface area contributed by atoms with Crippen molar-refractivity contribution in [3.8, 4) is 0 Å². The average Bonchev–Trinajstić information content (AvgIpc) is 2.64. The number of rotatable bonds is 6. The minimum absolute atomic E-state index is 0.0529. The summed E-state index contributed by atoms with van der Waals surface area (Å²) in [5.74, 6) is -0.884. The minimum Gasteiger partial charge on any atom is -0.481 e. The highest BCUT2D eigenvalue weighted by molar-refractivity contribution is 7.10. The van der Waals surface area contributed by atoms with E-state index in [2.05, 4.69) is 5.32 Å². The zero-order valence-corrected chi connectivity index (χ0v) is 9.05. The van der Waals surface area contributed by atoms with E-state index in [4.69, 9.17) is 5.11 Å². The van der Waals surface area contributed by atoms with Crippen LogP contribution in [0.2, 0.25) is 0 Å². The van der Waals surface area contributed by atoms with Crippen LogP contribution in [0.25, 0.3) is 0 Å². The number of nitrogens with one attached hydrogen (secondary N) is 1. The summed E-state index contributed by atoms with van der Waals surface area (Å²) in [6.45, 7) is 0.427. The van der Waals surface area contributed by atoms with Gasteiger partial charge in [0.15, 0.2) is 0 Å². The molecule has 0 aliphatic heterocycles. The first kappa shape index (κ1) is 11.7. The SMILES string of the molecule is O=C(O)CCCNC(=O)Cc1cccs1. The maximum Gasteiger partial charge on any atom is 0.303 e. The van der Waals surface area contributed by atoms with Gasteiger partial charge in [0.05, 0.1) is 6.42 Å². The van der Waals surface area contributed by atoms with E-state index in [0.717, 1.165) is 4.88 Å². The molecule has 0 saturated carbocycles. The Morgan fingerprint density at radius 2 is 2.27 bits per heavy atom. The molecule has 0 bridgehead atoms. The van der Waals surface area contributed by atoms with Crippen LogP contribution < -0.4 is 5.32 Å². The molecule has 0 aliphatic carbocycles. The molecule has 1 heterocycles. The van der Waals surface area contributed by atoms with Gasteiger partial charge in [-0.25, -0.2) is 0 Å². The molecule has 4 nitrogen and oxygen atoms in total. The van der Waals surface area contributed by atoms with Gasteiger partial charge in [0.1, 0.15) is 0 Å². The molecule has 1 aromatic rings. The van der Waals surface area contributed by atoms with E-state index in [1.54, 1.807) is 11.3 Å². The van der Waals surface area contributed by atoms with E-state index < -0.39 is 5.97 Å². The van der Waals surface area contributed by atoms with Crippen LogP contribution in [0.15, 0.2) is 17.5 Å². The van der Waals surface area contributed by atoms with Gasteiger partial charge in [0, 0.05) is 17.8 Å². The smallest absolute Gasteiger partial charge is 0.303 e. The Hall–Kier alpha value is -1.36. The highest BCUT2D eigenvalue weighted by Crippen LogP contribution is 2.08. The Kier molecular flexibility index (Phi) is 4.83. The molecule has 0 aromatic carbocycles. The molecular weight excluding hydrogens is 214 g/mol. The van der Waals surface area contributed by atoms with Crippen LogP contribution in [-0.4, -0.2) is 23.5 Å². The summed E-state index contributed by atoms with van der Waals surface area (Å²) in [4.78, 5) is 22.5. The minimum atomic E-state index is -0.831.